The van der Waals surface area contributed by atoms with E-state index in [1.165, 1.54) is 106 Å². The summed E-state index contributed by atoms with van der Waals surface area (Å²) in [5, 5.41) is 120. The van der Waals surface area contributed by atoms with Gasteiger partial charge in [0.15, 0.2) is 68.7 Å². The van der Waals surface area contributed by atoms with Crippen LogP contribution in [0.5, 0.6) is 69.0 Å². The van der Waals surface area contributed by atoms with Crippen LogP contribution in [-0.4, -0.2) is 92.5 Å². The van der Waals surface area contributed by atoms with Gasteiger partial charge in [-0.05, 0) is 186 Å². The zero-order valence-electron chi connectivity index (χ0n) is 68.6. The van der Waals surface area contributed by atoms with Crippen molar-refractivity contribution in [3.8, 4) is 69.0 Å². The van der Waals surface area contributed by atoms with E-state index in [1.54, 1.807) is 67.3 Å². The summed E-state index contributed by atoms with van der Waals surface area (Å²) >= 11 is 21.5. The Kier molecular flexibility index (Phi) is 25.7. The van der Waals surface area contributed by atoms with Crippen LogP contribution in [0.3, 0.4) is 0 Å². The molecule has 0 amide bonds. The molecule has 0 bridgehead atoms. The van der Waals surface area contributed by atoms with Crippen LogP contribution in [0.25, 0.3) is 73.7 Å². The Bertz CT molecular complexity index is 6690. The normalized spacial score (nSPS) is 12.2. The maximum absolute atomic E-state index is 12.3. The molecule has 14 rings (SSSR count). The van der Waals surface area contributed by atoms with Crippen LogP contribution in [0.2, 0.25) is 15.1 Å². The Morgan fingerprint density at radius 3 is 1.20 bits per heavy atom. The minimum absolute atomic E-state index is 0.00865. The van der Waals surface area contributed by atoms with Crippen molar-refractivity contribution in [3.63, 3.8) is 0 Å². The Labute approximate surface area is 697 Å². The number of hydrogen-bond donors (Lipinski definition) is 12. The highest BCUT2D eigenvalue weighted by molar-refractivity contribution is 7.15. The molecule has 0 spiro atoms. The van der Waals surface area contributed by atoms with Gasteiger partial charge in [-0.2, -0.15) is 14.2 Å². The quantitative estimate of drug-likeness (QED) is 0.0627. The minimum Gasteiger partial charge on any atom is -0.508 e. The number of aromatic hydroxyl groups is 12. The van der Waals surface area contributed by atoms with Gasteiger partial charge in [-0.3, -0.25) is 40.6 Å². The number of aryl methyl sites for hydroxylation is 2. The smallest absolute Gasteiger partial charge is 0.364 e. The van der Waals surface area contributed by atoms with Gasteiger partial charge >= 0.3 is 11.3 Å². The number of hydrogen-bond acceptors (Lipinski definition) is 28. The molecule has 37 heteroatoms. The fraction of sp³-hybridized carbons (Fsp3) is 0.370. The second-order valence-corrected chi connectivity index (χ2v) is 38.4. The maximum Gasteiger partial charge on any atom is 0.364 e. The largest absolute Gasteiger partial charge is 0.508 e. The predicted octanol–water partition coefficient (Wildman–Crippen LogP) is 16.4. The molecule has 0 fully saturated rings. The molecule has 0 aliphatic rings. The summed E-state index contributed by atoms with van der Waals surface area (Å²) in [6.45, 7) is 42.4. The highest BCUT2D eigenvalue weighted by Gasteiger charge is 2.30. The highest BCUT2D eigenvalue weighted by atomic mass is 35.5. The molecular weight excluding hydrogens is 1660 g/mol. The summed E-state index contributed by atoms with van der Waals surface area (Å²) in [5.74, 6) is -3.18. The highest BCUT2D eigenvalue weighted by Crippen LogP contribution is 2.44. The van der Waals surface area contributed by atoms with Gasteiger partial charge in [0.1, 0.15) is 21.5 Å². The van der Waals surface area contributed by atoms with Gasteiger partial charge in [-0.15, -0.1) is 0 Å². The van der Waals surface area contributed by atoms with Crippen molar-refractivity contribution in [1.29, 1.82) is 0 Å². The second kappa shape index (κ2) is 32.9. The number of phenolic OH excluding ortho intramolecular Hbond substituents is 12. The molecule has 118 heavy (non-hydrogen) atoms. The molecule has 0 radical (unpaired) electrons. The van der Waals surface area contributed by atoms with Crippen molar-refractivity contribution in [2.24, 2.45) is 0 Å². The van der Waals surface area contributed by atoms with E-state index in [4.69, 9.17) is 52.9 Å². The van der Waals surface area contributed by atoms with Crippen LogP contribution >= 0.6 is 69.4 Å². The van der Waals surface area contributed by atoms with Crippen molar-refractivity contribution >= 4 is 143 Å². The number of benzene rings is 7. The van der Waals surface area contributed by atoms with Gasteiger partial charge < -0.3 is 79.4 Å². The van der Waals surface area contributed by atoms with Gasteiger partial charge in [0.25, 0.3) is 33.4 Å². The lowest BCUT2D eigenvalue weighted by atomic mass is 9.90. The molecule has 7 heterocycles. The first kappa shape index (κ1) is 92.2. The summed E-state index contributed by atoms with van der Waals surface area (Å²) in [5.41, 5.74) is -3.68. The average molecular weight is 1750 g/mol. The number of nitrogens with zero attached hydrogens (tertiary/aromatic N) is 7. The van der Waals surface area contributed by atoms with Gasteiger partial charge in [0, 0.05) is 41.1 Å². The Balaban J connectivity index is 0.000000172. The van der Waals surface area contributed by atoms with E-state index in [2.05, 4.69) is 5.16 Å². The summed E-state index contributed by atoms with van der Waals surface area (Å²) in [7, 11) is 0. The van der Waals surface area contributed by atoms with Crippen LogP contribution in [-0.2, 0) is 38.6 Å². The Morgan fingerprint density at radius 2 is 0.686 bits per heavy atom. The van der Waals surface area contributed by atoms with Gasteiger partial charge in [-0.1, -0.05) is 95.3 Å². The van der Waals surface area contributed by atoms with Gasteiger partial charge in [-0.25, -0.2) is 9.59 Å². The molecule has 7 aromatic carbocycles. The van der Waals surface area contributed by atoms with Crippen LogP contribution in [0.15, 0.2) is 123 Å². The molecule has 0 saturated heterocycles. The van der Waals surface area contributed by atoms with E-state index in [9.17, 15) is 99.6 Å². The molecule has 0 aliphatic carbocycles. The minimum atomic E-state index is -0.700. The van der Waals surface area contributed by atoms with E-state index >= 15 is 0 Å². The summed E-state index contributed by atoms with van der Waals surface area (Å²) in [4.78, 5) is 96.6. The predicted molar refractivity (Wildman–Crippen MR) is 459 cm³/mol. The van der Waals surface area contributed by atoms with Crippen molar-refractivity contribution in [2.75, 3.05) is 0 Å². The molecular formula is C81H92Cl3N7O24S3. The SMILES string of the molecule is CC(C)(C)c1noc2cc(O)c(O)cc12.CC(C)(C)n1oc2cc(O)c(O)cc2c1=O.CC(C)(C)n1sc2c(Cl)c(O)c(O)cc2c1=O.CC(C)(C)n1sc2cc(O)c(O)c(Cl)c2c1=O.CC(C)(C)n1sc2cc(O)c(O)cc2c1=O.Cc1cc2c(=O)on(C(C)(C)C)c(=O)c2c(Cl)c1O.Cc1cc2c(=O)on(C(C)(C)C)c(=O)c2cc1O. The molecule has 0 atom stereocenters. The second-order valence-electron chi connectivity index (χ2n) is 34.4. The molecule has 0 unspecified atom stereocenters. The first-order chi connectivity index (χ1) is 53.8. The van der Waals surface area contributed by atoms with Gasteiger partial charge in [0.2, 0.25) is 0 Å². The van der Waals surface area contributed by atoms with E-state index in [0.29, 0.717) is 41.6 Å². The lowest BCUT2D eigenvalue weighted by Gasteiger charge is -2.19. The Hall–Kier alpha value is -11.3. The van der Waals surface area contributed by atoms with Crippen LogP contribution in [0, 0.1) is 13.8 Å². The number of halogens is 3. The number of rotatable bonds is 0. The zero-order valence-corrected chi connectivity index (χ0v) is 73.3. The summed E-state index contributed by atoms with van der Waals surface area (Å²) < 4.78 is 30.2. The standard InChI is InChI=1S/C13H14ClNO4.C13H15NO4.2C11H12ClNO3S.C11H13NO4.C11H13NO3S.C11H13NO3/c1-6-5-7-8(9(14)10(6)16)11(17)15(13(2,3)4)19-12(7)18;1-7-5-9-8(6-10(7)15)11(16)14(13(2,3)4)18-12(9)17;1-11(2,3)13-10(16)5-4-6(14)8(15)7(12)9(5)17-13;1-11(2,3)13-10(16)7-6(17-13)4-5(14)9(15)8(7)12;2*1-11(2,3)12-10(15)6-4-7(13)8(14)5-9(6)16-12;1-11(2,3)10-6-4-7(13)8(14)5-9(6)15-12-10/h5,16H,1-4H3;5-6,15H,1-4H3;2*4,14-15H,1-3H3;2*4-5,13-14H,1-3H3;4-5,13-14H,1-3H3. The molecule has 14 aromatic rings. The van der Waals surface area contributed by atoms with Crippen molar-refractivity contribution in [2.45, 2.75) is 198 Å². The maximum atomic E-state index is 12.3. The van der Waals surface area contributed by atoms with Crippen LogP contribution in [0.1, 0.15) is 162 Å². The molecule has 0 saturated carbocycles. The number of phenols is 12. The zero-order chi connectivity index (χ0) is 89.5. The molecule has 7 aromatic heterocycles. The van der Waals surface area contributed by atoms with E-state index in [0.717, 1.165) is 20.6 Å². The number of aromatic nitrogens is 7. The van der Waals surface area contributed by atoms with E-state index in [-0.39, 0.29) is 160 Å². The third-order valence-corrected chi connectivity index (χ3v) is 22.8. The van der Waals surface area contributed by atoms with Crippen LogP contribution in [0.4, 0.5) is 0 Å². The van der Waals surface area contributed by atoms with Crippen molar-refractivity contribution < 1.29 is 79.4 Å². The van der Waals surface area contributed by atoms with E-state index in [1.807, 2.05) is 104 Å². The summed E-state index contributed by atoms with van der Waals surface area (Å²) in [6.07, 6.45) is 0. The third-order valence-electron chi connectivity index (χ3n) is 17.2. The molecule has 12 N–H and O–H groups in total. The topological polar surface area (TPSA) is 474 Å². The fourth-order valence-electron chi connectivity index (χ4n) is 11.2. The average Bonchev–Trinajstić information content (AvgIpc) is 1.39. The van der Waals surface area contributed by atoms with Crippen molar-refractivity contribution in [3.05, 3.63) is 182 Å². The number of fused-ring (bicyclic) bond motifs is 7. The fourth-order valence-corrected chi connectivity index (χ4v) is 15.4. The monoisotopic (exact) mass is 1750 g/mol. The summed E-state index contributed by atoms with van der Waals surface area (Å²) in [6, 6.07) is 14.8. The lowest BCUT2D eigenvalue weighted by molar-refractivity contribution is 0.135. The molecule has 0 aliphatic heterocycles. The first-order valence-corrected chi connectivity index (χ1v) is 39.3. The van der Waals surface area contributed by atoms with E-state index < -0.39 is 44.7 Å². The third kappa shape index (κ3) is 19.0. The first-order valence-electron chi connectivity index (χ1n) is 35.8. The van der Waals surface area contributed by atoms with Crippen molar-refractivity contribution in [1.82, 2.24) is 31.2 Å². The molecule has 634 valence electrons. The molecule has 31 nitrogen and oxygen atoms in total. The van der Waals surface area contributed by atoms with Crippen LogP contribution < -0.4 is 44.6 Å². The Morgan fingerprint density at radius 1 is 0.314 bits per heavy atom. The lowest BCUT2D eigenvalue weighted by Crippen LogP contribution is -2.36. The van der Waals surface area contributed by atoms with Gasteiger partial charge in [0.05, 0.1) is 101 Å².